The van der Waals surface area contributed by atoms with E-state index in [1.54, 1.807) is 26.4 Å². The van der Waals surface area contributed by atoms with Gasteiger partial charge in [0.1, 0.15) is 5.82 Å². The first-order valence-corrected chi connectivity index (χ1v) is 8.95. The summed E-state index contributed by atoms with van der Waals surface area (Å²) in [7, 11) is 3.36. The average molecular weight is 352 g/mol. The van der Waals surface area contributed by atoms with Crippen LogP contribution in [0.2, 0.25) is 0 Å². The fourth-order valence-corrected chi connectivity index (χ4v) is 4.56. The van der Waals surface area contributed by atoms with Crippen LogP contribution in [0.3, 0.4) is 0 Å². The topological polar surface area (TPSA) is 37.5 Å². The van der Waals surface area contributed by atoms with Gasteiger partial charge in [0.05, 0.1) is 14.2 Å². The highest BCUT2D eigenvalue weighted by molar-refractivity contribution is 5.85. The number of fused-ring (bicyclic) bond motifs is 6. The molecule has 0 spiro atoms. The number of nitrogens with zero attached hydrogens (tertiary/aromatic N) is 1. The maximum absolute atomic E-state index is 13.6. The van der Waals surface area contributed by atoms with Gasteiger partial charge in [-0.25, -0.2) is 4.39 Å². The summed E-state index contributed by atoms with van der Waals surface area (Å²) >= 11 is 0. The molecule has 1 atom stereocenters. The van der Waals surface area contributed by atoms with Crippen molar-refractivity contribution in [3.05, 3.63) is 58.5 Å². The molecule has 2 aromatic carbocycles. The molecule has 134 valence electrons. The summed E-state index contributed by atoms with van der Waals surface area (Å²) in [6, 6.07) is 9.60. The highest BCUT2D eigenvalue weighted by Gasteiger charge is 2.34. The lowest BCUT2D eigenvalue weighted by atomic mass is 9.85. The summed E-state index contributed by atoms with van der Waals surface area (Å²) in [5.41, 5.74) is 6.06. The first-order valence-electron chi connectivity index (χ1n) is 8.95. The molecule has 26 heavy (non-hydrogen) atoms. The Kier molecular flexibility index (Phi) is 3.47. The van der Waals surface area contributed by atoms with E-state index in [1.807, 2.05) is 6.07 Å². The van der Waals surface area contributed by atoms with Gasteiger partial charge < -0.3 is 14.5 Å². The van der Waals surface area contributed by atoms with Crippen molar-refractivity contribution in [2.75, 3.05) is 20.8 Å². The molecular weight excluding hydrogens is 331 g/mol. The highest BCUT2D eigenvalue weighted by atomic mass is 19.1. The van der Waals surface area contributed by atoms with E-state index in [-0.39, 0.29) is 5.82 Å². The zero-order valence-electron chi connectivity index (χ0n) is 14.9. The Morgan fingerprint density at radius 1 is 1.12 bits per heavy atom. The molecule has 0 unspecified atom stereocenters. The van der Waals surface area contributed by atoms with Crippen molar-refractivity contribution in [3.8, 4) is 11.5 Å². The summed E-state index contributed by atoms with van der Waals surface area (Å²) in [6.45, 7) is 1.88. The fourth-order valence-electron chi connectivity index (χ4n) is 4.56. The van der Waals surface area contributed by atoms with Crippen LogP contribution in [0.1, 0.15) is 28.4 Å². The third-order valence-electron chi connectivity index (χ3n) is 5.83. The van der Waals surface area contributed by atoms with Gasteiger partial charge in [-0.1, -0.05) is 0 Å². The van der Waals surface area contributed by atoms with Gasteiger partial charge >= 0.3 is 0 Å². The second kappa shape index (κ2) is 5.74. The van der Waals surface area contributed by atoms with Gasteiger partial charge in [-0.2, -0.15) is 0 Å². The van der Waals surface area contributed by atoms with Crippen LogP contribution in [0.25, 0.3) is 10.9 Å². The lowest BCUT2D eigenvalue weighted by molar-refractivity contribution is 0.159. The minimum atomic E-state index is -0.198. The predicted octanol–water partition coefficient (Wildman–Crippen LogP) is 3.98. The Labute approximate surface area is 151 Å². The van der Waals surface area contributed by atoms with Gasteiger partial charge in [0.25, 0.3) is 0 Å². The molecule has 0 saturated heterocycles. The number of ether oxygens (including phenoxy) is 2. The normalized spacial score (nSPS) is 19.0. The molecule has 1 aromatic heterocycles. The van der Waals surface area contributed by atoms with Crippen LogP contribution < -0.4 is 9.47 Å². The Hall–Kier alpha value is -2.53. The number of H-pyrrole nitrogens is 1. The van der Waals surface area contributed by atoms with E-state index in [0.717, 1.165) is 48.3 Å². The van der Waals surface area contributed by atoms with Gasteiger partial charge in [0, 0.05) is 35.7 Å². The quantitative estimate of drug-likeness (QED) is 0.758. The number of halogens is 1. The fraction of sp³-hybridized carbons (Fsp3) is 0.333. The Balaban J connectivity index is 1.61. The number of aromatic nitrogens is 1. The van der Waals surface area contributed by atoms with Crippen LogP contribution in [0.4, 0.5) is 4.39 Å². The molecule has 5 rings (SSSR count). The predicted molar refractivity (Wildman–Crippen MR) is 98.4 cm³/mol. The van der Waals surface area contributed by atoms with Crippen molar-refractivity contribution < 1.29 is 13.9 Å². The van der Waals surface area contributed by atoms with E-state index in [0.29, 0.717) is 6.04 Å². The molecule has 0 aliphatic carbocycles. The van der Waals surface area contributed by atoms with E-state index >= 15 is 0 Å². The standard InChI is InChI=1S/C21H21FN2O2/c1-25-20-7-12-5-6-24-11-18-16(9-19(24)15(12)10-21(20)26-2)14-4-3-13(22)8-17(14)23-18/h3-4,7-8,10,19,23H,5-6,9,11H2,1-2H3/t19-/m0/s1. The minimum Gasteiger partial charge on any atom is -0.493 e. The summed E-state index contributed by atoms with van der Waals surface area (Å²) in [5, 5.41) is 1.13. The van der Waals surface area contributed by atoms with Crippen molar-refractivity contribution in [3.63, 3.8) is 0 Å². The van der Waals surface area contributed by atoms with Crippen LogP contribution >= 0.6 is 0 Å². The lowest BCUT2D eigenvalue weighted by Crippen LogP contribution is -2.39. The number of methoxy groups -OCH3 is 2. The number of hydrogen-bond donors (Lipinski definition) is 1. The average Bonchev–Trinajstić information content (AvgIpc) is 3.01. The Morgan fingerprint density at radius 3 is 2.73 bits per heavy atom. The molecule has 3 heterocycles. The van der Waals surface area contributed by atoms with Crippen LogP contribution in [0.15, 0.2) is 30.3 Å². The van der Waals surface area contributed by atoms with Crippen LogP contribution in [0, 0.1) is 5.82 Å². The van der Waals surface area contributed by atoms with Gasteiger partial charge in [-0.15, -0.1) is 0 Å². The summed E-state index contributed by atoms with van der Waals surface area (Å²) in [6.07, 6.45) is 1.92. The largest absolute Gasteiger partial charge is 0.493 e. The van der Waals surface area contributed by atoms with Crippen molar-refractivity contribution in [2.24, 2.45) is 0 Å². The molecule has 5 heteroatoms. The van der Waals surface area contributed by atoms with Gasteiger partial charge in [-0.3, -0.25) is 4.90 Å². The first-order chi connectivity index (χ1) is 12.7. The molecular formula is C21H21FN2O2. The third-order valence-corrected chi connectivity index (χ3v) is 5.83. The maximum Gasteiger partial charge on any atom is 0.161 e. The van der Waals surface area contributed by atoms with Crippen molar-refractivity contribution >= 4 is 10.9 Å². The molecule has 1 N–H and O–H groups in total. The zero-order chi connectivity index (χ0) is 17.8. The molecule has 0 saturated carbocycles. The van der Waals surface area contributed by atoms with E-state index in [1.165, 1.54) is 22.4 Å². The molecule has 0 fully saturated rings. The second-order valence-corrected chi connectivity index (χ2v) is 7.12. The van der Waals surface area contributed by atoms with E-state index in [4.69, 9.17) is 9.47 Å². The van der Waals surface area contributed by atoms with Gasteiger partial charge in [0.2, 0.25) is 0 Å². The Bertz CT molecular complexity index is 1010. The SMILES string of the molecule is COc1cc2c(cc1OC)[C@@H]1Cc3c([nH]c4cc(F)ccc34)CN1CC2. The first kappa shape index (κ1) is 15.7. The highest BCUT2D eigenvalue weighted by Crippen LogP contribution is 2.43. The van der Waals surface area contributed by atoms with Crippen LogP contribution in [0.5, 0.6) is 11.5 Å². The number of aromatic amines is 1. The molecule has 3 aromatic rings. The smallest absolute Gasteiger partial charge is 0.161 e. The maximum atomic E-state index is 13.6. The Morgan fingerprint density at radius 2 is 1.92 bits per heavy atom. The minimum absolute atomic E-state index is 0.198. The van der Waals surface area contributed by atoms with Crippen LogP contribution in [-0.2, 0) is 19.4 Å². The lowest BCUT2D eigenvalue weighted by Gasteiger charge is -2.40. The number of nitrogens with one attached hydrogen (secondary N) is 1. The summed E-state index contributed by atoms with van der Waals surface area (Å²) < 4.78 is 24.6. The van der Waals surface area contributed by atoms with Crippen molar-refractivity contribution in [1.29, 1.82) is 0 Å². The van der Waals surface area contributed by atoms with E-state index in [9.17, 15) is 4.39 Å². The molecule has 0 amide bonds. The number of hydrogen-bond acceptors (Lipinski definition) is 3. The molecule has 2 aliphatic heterocycles. The molecule has 2 aliphatic rings. The molecule has 4 nitrogen and oxygen atoms in total. The summed E-state index contributed by atoms with van der Waals surface area (Å²) in [5.74, 6) is 1.37. The summed E-state index contributed by atoms with van der Waals surface area (Å²) in [4.78, 5) is 5.93. The zero-order valence-corrected chi connectivity index (χ0v) is 14.9. The monoisotopic (exact) mass is 352 g/mol. The van der Waals surface area contributed by atoms with Crippen molar-refractivity contribution in [2.45, 2.75) is 25.4 Å². The van der Waals surface area contributed by atoms with Crippen LogP contribution in [-0.4, -0.2) is 30.6 Å². The number of benzene rings is 2. The third kappa shape index (κ3) is 2.23. The van der Waals surface area contributed by atoms with Gasteiger partial charge in [0.15, 0.2) is 11.5 Å². The van der Waals surface area contributed by atoms with Crippen molar-refractivity contribution in [1.82, 2.24) is 9.88 Å². The number of rotatable bonds is 2. The second-order valence-electron chi connectivity index (χ2n) is 7.12. The van der Waals surface area contributed by atoms with Gasteiger partial charge in [-0.05, 0) is 59.9 Å². The van der Waals surface area contributed by atoms with E-state index < -0.39 is 0 Å². The molecule has 0 radical (unpaired) electrons. The van der Waals surface area contributed by atoms with E-state index in [2.05, 4.69) is 22.0 Å². The molecule has 0 bridgehead atoms.